The molecule has 0 fully saturated rings. The fourth-order valence-electron chi connectivity index (χ4n) is 2.99. The van der Waals surface area contributed by atoms with Crippen LogP contribution in [0.3, 0.4) is 0 Å². The first kappa shape index (κ1) is 22.1. The number of nitrogens with one attached hydrogen (secondary N) is 2. The molecule has 0 radical (unpaired) electrons. The van der Waals surface area contributed by atoms with Crippen LogP contribution in [0.2, 0.25) is 0 Å². The van der Waals surface area contributed by atoms with Crippen LogP contribution in [0, 0.1) is 0 Å². The number of halogens is 1. The Bertz CT molecular complexity index is 914. The molecule has 1 aromatic carbocycles. The van der Waals surface area contributed by atoms with Gasteiger partial charge in [0.15, 0.2) is 17.4 Å². The van der Waals surface area contributed by atoms with Crippen LogP contribution in [-0.4, -0.2) is 34.2 Å². The Kier molecular flexibility index (Phi) is 7.79. The minimum Gasteiger partial charge on any atom is -0.356 e. The number of rotatable bonds is 6. The number of aromatic nitrogens is 3. The molecule has 0 bridgehead atoms. The molecule has 0 spiro atoms. The summed E-state index contributed by atoms with van der Waals surface area (Å²) in [4.78, 5) is 4.33. The largest absolute Gasteiger partial charge is 0.356 e. The van der Waals surface area contributed by atoms with Crippen LogP contribution in [0.25, 0.3) is 5.65 Å². The molecule has 0 saturated heterocycles. The maximum atomic E-state index is 4.33. The molecule has 3 aromatic rings. The molecule has 2 N–H and O–H groups in total. The summed E-state index contributed by atoms with van der Waals surface area (Å²) in [6.07, 6.45) is 3.03. The molecule has 3 rings (SSSR count). The van der Waals surface area contributed by atoms with Gasteiger partial charge in [-0.3, -0.25) is 9.39 Å². The summed E-state index contributed by atoms with van der Waals surface area (Å²) >= 11 is 0. The van der Waals surface area contributed by atoms with Crippen molar-refractivity contribution in [3.63, 3.8) is 0 Å². The normalized spacial score (nSPS) is 11.9. The smallest absolute Gasteiger partial charge is 0.191 e. The molecule has 2 heterocycles. The van der Waals surface area contributed by atoms with Gasteiger partial charge in [-0.25, -0.2) is 0 Å². The van der Waals surface area contributed by atoms with E-state index in [1.807, 2.05) is 28.8 Å². The number of pyridine rings is 1. The highest BCUT2D eigenvalue weighted by molar-refractivity contribution is 14.0. The molecular weight excluding hydrogens is 463 g/mol. The Morgan fingerprint density at radius 1 is 1.07 bits per heavy atom. The summed E-state index contributed by atoms with van der Waals surface area (Å²) in [5.41, 5.74) is 3.51. The number of nitrogens with zero attached hydrogens (tertiary/aromatic N) is 4. The summed E-state index contributed by atoms with van der Waals surface area (Å²) in [7, 11) is 1.78. The predicted octanol–water partition coefficient (Wildman–Crippen LogP) is 3.55. The van der Waals surface area contributed by atoms with Gasteiger partial charge in [-0.1, -0.05) is 51.1 Å². The van der Waals surface area contributed by atoms with Crippen molar-refractivity contribution < 1.29 is 0 Å². The quantitative estimate of drug-likeness (QED) is 0.314. The summed E-state index contributed by atoms with van der Waals surface area (Å²) < 4.78 is 1.97. The van der Waals surface area contributed by atoms with E-state index in [1.165, 1.54) is 11.1 Å². The van der Waals surface area contributed by atoms with Gasteiger partial charge in [0.1, 0.15) is 0 Å². The number of hydrogen-bond donors (Lipinski definition) is 2. The standard InChI is InChI=1S/C21H28N6.HI/c1-5-16-9-11-17(12-10-16)21(2,3)15-24-20(22-4)23-14-19-26-25-18-8-6-7-13-27(18)19;/h6-13H,5,14-15H2,1-4H3,(H2,22,23,24);1H. The van der Waals surface area contributed by atoms with Gasteiger partial charge in [-0.15, -0.1) is 34.2 Å². The third-order valence-corrected chi connectivity index (χ3v) is 4.86. The molecular formula is C21H29IN6. The fraction of sp³-hybridized carbons (Fsp3) is 0.381. The average molecular weight is 492 g/mol. The van der Waals surface area contributed by atoms with Gasteiger partial charge >= 0.3 is 0 Å². The van der Waals surface area contributed by atoms with Crippen LogP contribution in [0.4, 0.5) is 0 Å². The molecule has 0 saturated carbocycles. The number of hydrogen-bond acceptors (Lipinski definition) is 3. The van der Waals surface area contributed by atoms with Crippen molar-refractivity contribution in [2.75, 3.05) is 13.6 Å². The van der Waals surface area contributed by atoms with Crippen molar-refractivity contribution in [3.05, 3.63) is 65.6 Å². The van der Waals surface area contributed by atoms with Crippen molar-refractivity contribution in [3.8, 4) is 0 Å². The molecule has 0 aliphatic rings. The van der Waals surface area contributed by atoms with E-state index in [4.69, 9.17) is 0 Å². The second-order valence-corrected chi connectivity index (χ2v) is 7.26. The lowest BCUT2D eigenvalue weighted by Gasteiger charge is -2.27. The number of fused-ring (bicyclic) bond motifs is 1. The molecule has 0 atom stereocenters. The monoisotopic (exact) mass is 492 g/mol. The molecule has 0 aliphatic carbocycles. The highest BCUT2D eigenvalue weighted by Gasteiger charge is 2.21. The number of aliphatic imine (C=N–C) groups is 1. The van der Waals surface area contributed by atoms with Crippen molar-refractivity contribution in [2.45, 2.75) is 39.2 Å². The summed E-state index contributed by atoms with van der Waals surface area (Å²) in [6.45, 7) is 7.98. The van der Waals surface area contributed by atoms with Crippen LogP contribution in [0.5, 0.6) is 0 Å². The molecule has 0 unspecified atom stereocenters. The highest BCUT2D eigenvalue weighted by atomic mass is 127. The first-order chi connectivity index (χ1) is 13.0. The third kappa shape index (κ3) is 5.21. The lowest BCUT2D eigenvalue weighted by Crippen LogP contribution is -2.43. The van der Waals surface area contributed by atoms with Crippen molar-refractivity contribution in [2.24, 2.45) is 4.99 Å². The predicted molar refractivity (Wildman–Crippen MR) is 125 cm³/mol. The SMILES string of the molecule is CCc1ccc(C(C)(C)CNC(=NC)NCc2nnc3ccccn23)cc1.I. The molecule has 150 valence electrons. The van der Waals surface area contributed by atoms with Crippen LogP contribution in [-0.2, 0) is 18.4 Å². The topological polar surface area (TPSA) is 66.6 Å². The van der Waals surface area contributed by atoms with Crippen LogP contribution in [0.15, 0.2) is 53.7 Å². The van der Waals surface area contributed by atoms with Crippen LogP contribution in [0.1, 0.15) is 37.7 Å². The van der Waals surface area contributed by atoms with Crippen LogP contribution >= 0.6 is 24.0 Å². The lowest BCUT2D eigenvalue weighted by atomic mass is 9.84. The van der Waals surface area contributed by atoms with Crippen molar-refractivity contribution in [1.29, 1.82) is 0 Å². The van der Waals surface area contributed by atoms with Crippen molar-refractivity contribution in [1.82, 2.24) is 25.2 Å². The molecule has 28 heavy (non-hydrogen) atoms. The van der Waals surface area contributed by atoms with E-state index in [2.05, 4.69) is 70.9 Å². The van der Waals surface area contributed by atoms with Crippen LogP contribution < -0.4 is 10.6 Å². The lowest BCUT2D eigenvalue weighted by molar-refractivity contribution is 0.508. The Hall–Kier alpha value is -2.16. The number of benzene rings is 1. The van der Waals surface area contributed by atoms with Gasteiger partial charge < -0.3 is 10.6 Å². The van der Waals surface area contributed by atoms with E-state index in [1.54, 1.807) is 7.05 Å². The van der Waals surface area contributed by atoms with E-state index in [9.17, 15) is 0 Å². The number of guanidine groups is 1. The number of aryl methyl sites for hydroxylation is 1. The van der Waals surface area contributed by atoms with Gasteiger partial charge in [0, 0.05) is 25.2 Å². The van der Waals surface area contributed by atoms with E-state index >= 15 is 0 Å². The summed E-state index contributed by atoms with van der Waals surface area (Å²) in [5.74, 6) is 1.60. The van der Waals surface area contributed by atoms with E-state index in [0.717, 1.165) is 30.4 Å². The first-order valence-electron chi connectivity index (χ1n) is 9.36. The highest BCUT2D eigenvalue weighted by Crippen LogP contribution is 2.22. The molecule has 7 heteroatoms. The fourth-order valence-corrected chi connectivity index (χ4v) is 2.99. The zero-order valence-electron chi connectivity index (χ0n) is 16.9. The molecule has 0 amide bonds. The van der Waals surface area contributed by atoms with Gasteiger partial charge in [-0.05, 0) is 29.7 Å². The second kappa shape index (κ2) is 9.86. The molecule has 2 aromatic heterocycles. The molecule has 0 aliphatic heterocycles. The zero-order valence-corrected chi connectivity index (χ0v) is 19.3. The van der Waals surface area contributed by atoms with Gasteiger partial charge in [0.05, 0.1) is 6.54 Å². The van der Waals surface area contributed by atoms with Crippen molar-refractivity contribution >= 4 is 35.6 Å². The van der Waals surface area contributed by atoms with Gasteiger partial charge in [-0.2, -0.15) is 0 Å². The second-order valence-electron chi connectivity index (χ2n) is 7.26. The van der Waals surface area contributed by atoms with E-state index < -0.39 is 0 Å². The Labute approximate surface area is 183 Å². The van der Waals surface area contributed by atoms with Gasteiger partial charge in [0.25, 0.3) is 0 Å². The average Bonchev–Trinajstić information content (AvgIpc) is 3.11. The Morgan fingerprint density at radius 2 is 1.82 bits per heavy atom. The molecule has 6 nitrogen and oxygen atoms in total. The van der Waals surface area contributed by atoms with Gasteiger partial charge in [0.2, 0.25) is 0 Å². The maximum absolute atomic E-state index is 4.33. The Balaban J connectivity index is 0.00000280. The zero-order chi connectivity index (χ0) is 19.3. The maximum Gasteiger partial charge on any atom is 0.191 e. The first-order valence-corrected chi connectivity index (χ1v) is 9.36. The minimum absolute atomic E-state index is 0. The summed E-state index contributed by atoms with van der Waals surface area (Å²) in [5, 5.41) is 15.2. The van der Waals surface area contributed by atoms with E-state index in [0.29, 0.717) is 6.54 Å². The Morgan fingerprint density at radius 3 is 2.50 bits per heavy atom. The van der Waals surface area contributed by atoms with E-state index in [-0.39, 0.29) is 29.4 Å². The summed E-state index contributed by atoms with van der Waals surface area (Å²) in [6, 6.07) is 14.7. The minimum atomic E-state index is -0.00848. The third-order valence-electron chi connectivity index (χ3n) is 4.86.